The number of allylic oxidation sites excluding steroid dienone is 2. The average Bonchev–Trinajstić information content (AvgIpc) is 3.24. The van der Waals surface area contributed by atoms with E-state index in [1.165, 1.54) is 24.2 Å². The van der Waals surface area contributed by atoms with Crippen LogP contribution >= 0.6 is 11.3 Å². The van der Waals surface area contributed by atoms with E-state index in [1.54, 1.807) is 0 Å². The minimum atomic E-state index is -0.114. The van der Waals surface area contributed by atoms with Crippen molar-refractivity contribution in [3.63, 3.8) is 0 Å². The maximum atomic E-state index is 12.2. The summed E-state index contributed by atoms with van der Waals surface area (Å²) in [5, 5.41) is 3.55. The van der Waals surface area contributed by atoms with Gasteiger partial charge in [-0.15, -0.1) is 11.3 Å². The fraction of sp³-hybridized carbons (Fsp3) is 0.533. The summed E-state index contributed by atoms with van der Waals surface area (Å²) in [5.41, 5.74) is 21.6. The predicted molar refractivity (Wildman–Crippen MR) is 87.8 cm³/mol. The van der Waals surface area contributed by atoms with Crippen LogP contribution < -0.4 is 22.5 Å². The number of hydrogen-bond donors (Lipinski definition) is 4. The van der Waals surface area contributed by atoms with Gasteiger partial charge in [-0.1, -0.05) is 0 Å². The van der Waals surface area contributed by atoms with Crippen LogP contribution in [0.15, 0.2) is 5.70 Å². The molecular weight excluding hydrogens is 284 g/mol. The Labute approximate surface area is 128 Å². The monoisotopic (exact) mass is 306 g/mol. The third kappa shape index (κ3) is 2.85. The number of thiophene rings is 1. The molecule has 0 aromatic carbocycles. The van der Waals surface area contributed by atoms with Crippen LogP contribution in [-0.2, 0) is 0 Å². The molecule has 1 amide bonds. The molecule has 5 nitrogen and oxygen atoms in total. The quantitative estimate of drug-likeness (QED) is 0.684. The molecule has 1 aromatic heterocycles. The van der Waals surface area contributed by atoms with Crippen LogP contribution in [-0.4, -0.2) is 12.5 Å². The molecule has 114 valence electrons. The normalized spacial score (nSPS) is 18.9. The van der Waals surface area contributed by atoms with Crippen molar-refractivity contribution in [3.8, 4) is 0 Å². The summed E-state index contributed by atoms with van der Waals surface area (Å²) in [6.45, 7) is 0.732. The van der Waals surface area contributed by atoms with Crippen molar-refractivity contribution in [1.29, 1.82) is 0 Å². The highest BCUT2D eigenvalue weighted by atomic mass is 32.1. The molecule has 3 rings (SSSR count). The fourth-order valence-corrected chi connectivity index (χ4v) is 3.73. The van der Waals surface area contributed by atoms with Gasteiger partial charge in [-0.05, 0) is 50.0 Å². The van der Waals surface area contributed by atoms with Crippen molar-refractivity contribution in [3.05, 3.63) is 16.1 Å². The second-order valence-corrected chi connectivity index (χ2v) is 7.00. The molecule has 1 heterocycles. The molecule has 0 unspecified atom stereocenters. The van der Waals surface area contributed by atoms with Gasteiger partial charge in [-0.25, -0.2) is 0 Å². The molecule has 0 spiro atoms. The van der Waals surface area contributed by atoms with Gasteiger partial charge in [-0.2, -0.15) is 0 Å². The summed E-state index contributed by atoms with van der Waals surface area (Å²) in [6, 6.07) is 0. The number of nitrogens with one attached hydrogen (secondary N) is 1. The molecule has 2 aliphatic carbocycles. The van der Waals surface area contributed by atoms with Crippen molar-refractivity contribution >= 4 is 33.5 Å². The van der Waals surface area contributed by atoms with Gasteiger partial charge in [0.15, 0.2) is 0 Å². The van der Waals surface area contributed by atoms with Crippen LogP contribution in [0.5, 0.6) is 0 Å². The third-order valence-corrected chi connectivity index (χ3v) is 5.27. The van der Waals surface area contributed by atoms with Crippen LogP contribution in [0.1, 0.15) is 53.8 Å². The fourth-order valence-electron chi connectivity index (χ4n) is 2.80. The number of hydrogen-bond acceptors (Lipinski definition) is 5. The number of amides is 1. The molecule has 0 radical (unpaired) electrons. The molecule has 7 N–H and O–H groups in total. The Morgan fingerprint density at radius 3 is 2.57 bits per heavy atom. The van der Waals surface area contributed by atoms with E-state index in [2.05, 4.69) is 5.32 Å². The van der Waals surface area contributed by atoms with E-state index in [4.69, 9.17) is 17.2 Å². The van der Waals surface area contributed by atoms with Crippen LogP contribution in [0.2, 0.25) is 0 Å². The number of nitrogen functional groups attached to an aromatic ring is 2. The lowest BCUT2D eigenvalue weighted by atomic mass is 9.91. The summed E-state index contributed by atoms with van der Waals surface area (Å²) >= 11 is 1.27. The second kappa shape index (κ2) is 5.60. The largest absolute Gasteiger partial charge is 0.402 e. The zero-order valence-corrected chi connectivity index (χ0v) is 12.9. The van der Waals surface area contributed by atoms with E-state index in [1.807, 2.05) is 0 Å². The first-order valence-electron chi connectivity index (χ1n) is 7.51. The maximum Gasteiger partial charge on any atom is 0.263 e. The van der Waals surface area contributed by atoms with Crippen molar-refractivity contribution in [1.82, 2.24) is 5.32 Å². The van der Waals surface area contributed by atoms with E-state index in [0.717, 1.165) is 49.1 Å². The molecule has 0 bridgehead atoms. The summed E-state index contributed by atoms with van der Waals surface area (Å²) < 4.78 is 0. The van der Waals surface area contributed by atoms with Crippen LogP contribution in [0.25, 0.3) is 5.57 Å². The van der Waals surface area contributed by atoms with E-state index in [0.29, 0.717) is 21.5 Å². The third-order valence-electron chi connectivity index (χ3n) is 4.24. The Balaban J connectivity index is 1.86. The highest BCUT2D eigenvalue weighted by molar-refractivity contribution is 7.18. The molecule has 1 aromatic rings. The lowest BCUT2D eigenvalue weighted by molar-refractivity contribution is 0.0956. The number of nitrogens with two attached hydrogens (primary N) is 3. The van der Waals surface area contributed by atoms with Gasteiger partial charge in [0, 0.05) is 17.8 Å². The zero-order valence-electron chi connectivity index (χ0n) is 12.1. The Morgan fingerprint density at radius 2 is 1.90 bits per heavy atom. The van der Waals surface area contributed by atoms with E-state index in [9.17, 15) is 4.79 Å². The van der Waals surface area contributed by atoms with Crippen LogP contribution in [0.3, 0.4) is 0 Å². The number of carbonyl (C=O) groups is 1. The van der Waals surface area contributed by atoms with Crippen molar-refractivity contribution in [2.45, 2.75) is 38.5 Å². The number of anilines is 2. The molecule has 1 fully saturated rings. The van der Waals surface area contributed by atoms with Gasteiger partial charge in [-0.3, -0.25) is 4.79 Å². The SMILES string of the molecule is NC1=C(c2c(N)sc(C(=O)NCC3CC3)c2N)CCCC1. The summed E-state index contributed by atoms with van der Waals surface area (Å²) in [5.74, 6) is 0.529. The smallest absolute Gasteiger partial charge is 0.263 e. The first kappa shape index (κ1) is 14.3. The second-order valence-electron chi connectivity index (χ2n) is 5.95. The van der Waals surface area contributed by atoms with Gasteiger partial charge in [0.2, 0.25) is 0 Å². The van der Waals surface area contributed by atoms with Gasteiger partial charge in [0.05, 0.1) is 10.7 Å². The van der Waals surface area contributed by atoms with Gasteiger partial charge in [0.1, 0.15) is 4.88 Å². The Hall–Kier alpha value is -1.69. The first-order valence-corrected chi connectivity index (χ1v) is 8.33. The zero-order chi connectivity index (χ0) is 15.0. The number of carbonyl (C=O) groups excluding carboxylic acids is 1. The Bertz CT molecular complexity index is 601. The summed E-state index contributed by atoms with van der Waals surface area (Å²) in [6.07, 6.45) is 6.38. The van der Waals surface area contributed by atoms with Gasteiger partial charge >= 0.3 is 0 Å². The van der Waals surface area contributed by atoms with E-state index in [-0.39, 0.29) is 5.91 Å². The maximum absolute atomic E-state index is 12.2. The molecule has 0 saturated heterocycles. The minimum Gasteiger partial charge on any atom is -0.402 e. The minimum absolute atomic E-state index is 0.114. The van der Waals surface area contributed by atoms with E-state index < -0.39 is 0 Å². The molecule has 2 aliphatic rings. The Kier molecular flexibility index (Phi) is 3.80. The lowest BCUT2D eigenvalue weighted by Crippen LogP contribution is -2.25. The van der Waals surface area contributed by atoms with Gasteiger partial charge < -0.3 is 22.5 Å². The predicted octanol–water partition coefficient (Wildman–Crippen LogP) is 2.30. The van der Waals surface area contributed by atoms with Crippen LogP contribution in [0, 0.1) is 5.92 Å². The summed E-state index contributed by atoms with van der Waals surface area (Å²) in [4.78, 5) is 12.8. The lowest BCUT2D eigenvalue weighted by Gasteiger charge is -2.18. The van der Waals surface area contributed by atoms with Gasteiger partial charge in [0.25, 0.3) is 5.91 Å². The highest BCUT2D eigenvalue weighted by Crippen LogP contribution is 2.42. The molecule has 1 saturated carbocycles. The first-order chi connectivity index (χ1) is 10.1. The molecule has 0 atom stereocenters. The highest BCUT2D eigenvalue weighted by Gasteiger charge is 2.26. The molecule has 0 aliphatic heterocycles. The molecular formula is C15H22N4OS. The standard InChI is InChI=1S/C15H22N4OS/c16-10-4-2-1-3-9(10)11-12(17)13(21-14(11)18)15(20)19-7-8-5-6-8/h8H,1-7,16-18H2,(H,19,20). The van der Waals surface area contributed by atoms with Crippen molar-refractivity contribution in [2.75, 3.05) is 18.0 Å². The van der Waals surface area contributed by atoms with E-state index >= 15 is 0 Å². The van der Waals surface area contributed by atoms with Crippen LogP contribution in [0.4, 0.5) is 10.7 Å². The molecule has 6 heteroatoms. The topological polar surface area (TPSA) is 107 Å². The average molecular weight is 306 g/mol. The van der Waals surface area contributed by atoms with Crippen molar-refractivity contribution in [2.24, 2.45) is 11.7 Å². The Morgan fingerprint density at radius 1 is 1.19 bits per heavy atom. The number of rotatable bonds is 4. The van der Waals surface area contributed by atoms with Crippen molar-refractivity contribution < 1.29 is 4.79 Å². The molecule has 21 heavy (non-hydrogen) atoms. The summed E-state index contributed by atoms with van der Waals surface area (Å²) in [7, 11) is 0.